The Bertz CT molecular complexity index is 494. The van der Waals surface area contributed by atoms with Gasteiger partial charge >= 0.3 is 18.3 Å². The molecule has 0 radical (unpaired) electrons. The van der Waals surface area contributed by atoms with Gasteiger partial charge in [-0.1, -0.05) is 0 Å². The lowest BCUT2D eigenvalue weighted by Gasteiger charge is -2.10. The molecule has 0 amide bonds. The van der Waals surface area contributed by atoms with Crippen molar-refractivity contribution < 1.29 is 28.0 Å². The highest BCUT2D eigenvalue weighted by molar-refractivity contribution is 9.10. The zero-order valence-electron chi connectivity index (χ0n) is 8.85. The van der Waals surface area contributed by atoms with Gasteiger partial charge < -0.3 is 9.47 Å². The maximum Gasteiger partial charge on any atom is 0.387 e. The van der Waals surface area contributed by atoms with E-state index in [4.69, 9.17) is 0 Å². The summed E-state index contributed by atoms with van der Waals surface area (Å²) in [4.78, 5) is 21.2. The summed E-state index contributed by atoms with van der Waals surface area (Å²) in [6.45, 7) is -3.30. The smallest absolute Gasteiger partial charge is 0.387 e. The lowest BCUT2D eigenvalue weighted by molar-refractivity contribution is -0.387. The van der Waals surface area contributed by atoms with Gasteiger partial charge in [-0.3, -0.25) is 10.1 Å². The molecule has 0 saturated carbocycles. The van der Waals surface area contributed by atoms with Crippen LogP contribution in [0.25, 0.3) is 0 Å². The average Bonchev–Trinajstić information content (AvgIpc) is 2.27. The molecule has 0 N–H and O–H groups in total. The minimum Gasteiger partial charge on any atom is -0.465 e. The number of benzene rings is 1. The van der Waals surface area contributed by atoms with Crippen molar-refractivity contribution >= 4 is 27.6 Å². The summed E-state index contributed by atoms with van der Waals surface area (Å²) in [6, 6.07) is 2.25. The SMILES string of the molecule is COC(=O)c1ccc(Br)c([N+](=O)[O-])c1OC(F)F. The molecule has 98 valence electrons. The average molecular weight is 326 g/mol. The van der Waals surface area contributed by atoms with Gasteiger partial charge in [0, 0.05) is 0 Å². The second kappa shape index (κ2) is 5.71. The third-order valence-electron chi connectivity index (χ3n) is 1.88. The van der Waals surface area contributed by atoms with Gasteiger partial charge in [-0.15, -0.1) is 0 Å². The number of ether oxygens (including phenoxy) is 2. The molecule has 6 nitrogen and oxygen atoms in total. The lowest BCUT2D eigenvalue weighted by Crippen LogP contribution is -2.11. The van der Waals surface area contributed by atoms with Crippen molar-refractivity contribution in [3.8, 4) is 5.75 Å². The molecule has 0 aromatic heterocycles. The van der Waals surface area contributed by atoms with Crippen LogP contribution in [0.4, 0.5) is 14.5 Å². The van der Waals surface area contributed by atoms with Crippen molar-refractivity contribution in [2.24, 2.45) is 0 Å². The number of rotatable bonds is 4. The van der Waals surface area contributed by atoms with Crippen LogP contribution in [0, 0.1) is 10.1 Å². The van der Waals surface area contributed by atoms with Crippen molar-refractivity contribution in [2.45, 2.75) is 6.61 Å². The second-order valence-electron chi connectivity index (χ2n) is 2.90. The van der Waals surface area contributed by atoms with Gasteiger partial charge in [-0.2, -0.15) is 8.78 Å². The highest BCUT2D eigenvalue weighted by Crippen LogP contribution is 2.38. The Balaban J connectivity index is 3.48. The molecule has 9 heteroatoms. The summed E-state index contributed by atoms with van der Waals surface area (Å²) < 4.78 is 32.7. The van der Waals surface area contributed by atoms with Gasteiger partial charge in [0.25, 0.3) is 0 Å². The fourth-order valence-electron chi connectivity index (χ4n) is 1.20. The second-order valence-corrected chi connectivity index (χ2v) is 3.75. The Morgan fingerprint density at radius 2 is 2.11 bits per heavy atom. The third-order valence-corrected chi connectivity index (χ3v) is 2.52. The van der Waals surface area contributed by atoms with Crippen molar-refractivity contribution in [2.75, 3.05) is 7.11 Å². The molecular formula is C9H6BrF2NO5. The van der Waals surface area contributed by atoms with E-state index in [1.54, 1.807) is 0 Å². The van der Waals surface area contributed by atoms with E-state index >= 15 is 0 Å². The Hall–Kier alpha value is -1.77. The minimum atomic E-state index is -3.30. The number of hydrogen-bond acceptors (Lipinski definition) is 5. The quantitative estimate of drug-likeness (QED) is 0.483. The fraction of sp³-hybridized carbons (Fsp3) is 0.222. The van der Waals surface area contributed by atoms with E-state index in [2.05, 4.69) is 25.4 Å². The van der Waals surface area contributed by atoms with Crippen LogP contribution in [0.3, 0.4) is 0 Å². The first-order valence-corrected chi connectivity index (χ1v) is 5.17. The van der Waals surface area contributed by atoms with Crippen molar-refractivity contribution in [1.29, 1.82) is 0 Å². The van der Waals surface area contributed by atoms with Crippen LogP contribution in [0.5, 0.6) is 5.75 Å². The van der Waals surface area contributed by atoms with E-state index in [0.717, 1.165) is 13.2 Å². The first-order valence-electron chi connectivity index (χ1n) is 4.38. The molecule has 0 aliphatic heterocycles. The van der Waals surface area contributed by atoms with E-state index in [-0.39, 0.29) is 4.47 Å². The van der Waals surface area contributed by atoms with Gasteiger partial charge in [-0.25, -0.2) is 4.79 Å². The summed E-state index contributed by atoms with van der Waals surface area (Å²) in [5, 5.41) is 10.8. The fourth-order valence-corrected chi connectivity index (χ4v) is 1.65. The van der Waals surface area contributed by atoms with Crippen LogP contribution in [0.2, 0.25) is 0 Å². The van der Waals surface area contributed by atoms with Gasteiger partial charge in [0.2, 0.25) is 5.75 Å². The predicted molar refractivity (Wildman–Crippen MR) is 58.8 cm³/mol. The monoisotopic (exact) mass is 325 g/mol. The molecule has 0 fully saturated rings. The minimum absolute atomic E-state index is 0.0872. The molecule has 0 aliphatic rings. The predicted octanol–water partition coefficient (Wildman–Crippen LogP) is 2.75. The molecule has 0 bridgehead atoms. The normalized spacial score (nSPS) is 10.3. The first kappa shape index (κ1) is 14.3. The molecule has 1 rings (SSSR count). The van der Waals surface area contributed by atoms with Gasteiger partial charge in [0.05, 0.1) is 16.5 Å². The molecule has 18 heavy (non-hydrogen) atoms. The van der Waals surface area contributed by atoms with Crippen LogP contribution in [-0.2, 0) is 4.74 Å². The molecule has 0 heterocycles. The number of hydrogen-bond donors (Lipinski definition) is 0. The van der Waals surface area contributed by atoms with Crippen LogP contribution in [-0.4, -0.2) is 24.6 Å². The zero-order valence-corrected chi connectivity index (χ0v) is 10.4. The highest BCUT2D eigenvalue weighted by atomic mass is 79.9. The summed E-state index contributed by atoms with van der Waals surface area (Å²) in [5.41, 5.74) is -1.22. The summed E-state index contributed by atoms with van der Waals surface area (Å²) in [6.07, 6.45) is 0. The maximum absolute atomic E-state index is 12.2. The number of nitrogens with zero attached hydrogens (tertiary/aromatic N) is 1. The highest BCUT2D eigenvalue weighted by Gasteiger charge is 2.29. The maximum atomic E-state index is 12.2. The van der Waals surface area contributed by atoms with Gasteiger partial charge in [-0.05, 0) is 28.1 Å². The Morgan fingerprint density at radius 1 is 1.50 bits per heavy atom. The zero-order chi connectivity index (χ0) is 13.9. The number of nitro groups is 1. The summed E-state index contributed by atoms with van der Waals surface area (Å²) in [7, 11) is 1.02. The molecule has 1 aromatic carbocycles. The number of alkyl halides is 2. The van der Waals surface area contributed by atoms with Crippen molar-refractivity contribution in [1.82, 2.24) is 0 Å². The van der Waals surface area contributed by atoms with Crippen LogP contribution < -0.4 is 4.74 Å². The largest absolute Gasteiger partial charge is 0.465 e. The van der Waals surface area contributed by atoms with E-state index in [0.29, 0.717) is 0 Å². The van der Waals surface area contributed by atoms with E-state index < -0.39 is 34.5 Å². The molecular weight excluding hydrogens is 320 g/mol. The van der Waals surface area contributed by atoms with Crippen LogP contribution >= 0.6 is 15.9 Å². The van der Waals surface area contributed by atoms with Gasteiger partial charge in [0.15, 0.2) is 0 Å². The molecule has 1 aromatic rings. The van der Waals surface area contributed by atoms with E-state index in [1.807, 2.05) is 0 Å². The Morgan fingerprint density at radius 3 is 2.56 bits per heavy atom. The Kier molecular flexibility index (Phi) is 4.54. The van der Waals surface area contributed by atoms with Gasteiger partial charge in [0.1, 0.15) is 5.56 Å². The first-order chi connectivity index (χ1) is 8.38. The lowest BCUT2D eigenvalue weighted by atomic mass is 10.1. The van der Waals surface area contributed by atoms with Crippen LogP contribution in [0.15, 0.2) is 16.6 Å². The standard InChI is InChI=1S/C9H6BrF2NO5/c1-17-8(14)4-2-3-5(10)6(13(15)16)7(4)18-9(11)12/h2-3,9H,1H3. The number of esters is 1. The van der Waals surface area contributed by atoms with E-state index in [1.165, 1.54) is 6.07 Å². The van der Waals surface area contributed by atoms with Crippen molar-refractivity contribution in [3.05, 3.63) is 32.3 Å². The molecule has 0 saturated heterocycles. The summed E-state index contributed by atoms with van der Waals surface area (Å²) in [5.74, 6) is -1.85. The van der Waals surface area contributed by atoms with Crippen LogP contribution in [0.1, 0.15) is 10.4 Å². The number of carbonyl (C=O) groups excluding carboxylic acids is 1. The molecule has 0 spiro atoms. The van der Waals surface area contributed by atoms with Crippen molar-refractivity contribution in [3.63, 3.8) is 0 Å². The topological polar surface area (TPSA) is 78.7 Å². The summed E-state index contributed by atoms with van der Waals surface area (Å²) >= 11 is 2.82. The molecule has 0 aliphatic carbocycles. The number of halogens is 3. The Labute approximate surface area is 108 Å². The molecule has 0 atom stereocenters. The third kappa shape index (κ3) is 2.92. The van der Waals surface area contributed by atoms with E-state index in [9.17, 15) is 23.7 Å². The molecule has 0 unspecified atom stereocenters. The number of nitro benzene ring substituents is 1. The number of carbonyl (C=O) groups is 1. The number of methoxy groups -OCH3 is 1.